The second-order valence-corrected chi connectivity index (χ2v) is 5.55. The highest BCUT2D eigenvalue weighted by molar-refractivity contribution is 5.93. The third kappa shape index (κ3) is 4.02. The number of hydrogen-bond acceptors (Lipinski definition) is 5. The summed E-state index contributed by atoms with van der Waals surface area (Å²) in [6.45, 7) is -0.742. The zero-order chi connectivity index (χ0) is 19.6. The predicted octanol–water partition coefficient (Wildman–Crippen LogP) is 3.28. The van der Waals surface area contributed by atoms with Crippen LogP contribution < -0.4 is 5.32 Å². The van der Waals surface area contributed by atoms with E-state index in [4.69, 9.17) is 9.15 Å². The average Bonchev–Trinajstić information content (AvgIpc) is 3.02. The van der Waals surface area contributed by atoms with Gasteiger partial charge in [0.1, 0.15) is 11.3 Å². The zero-order valence-electron chi connectivity index (χ0n) is 13.6. The first kappa shape index (κ1) is 18.3. The van der Waals surface area contributed by atoms with Gasteiger partial charge in [-0.1, -0.05) is 0 Å². The first-order valence-corrected chi connectivity index (χ1v) is 7.63. The van der Waals surface area contributed by atoms with Crippen LogP contribution in [0.25, 0.3) is 11.0 Å². The van der Waals surface area contributed by atoms with Crippen molar-refractivity contribution < 1.29 is 37.0 Å². The van der Waals surface area contributed by atoms with Gasteiger partial charge in [0.15, 0.2) is 24.1 Å². The quantitative estimate of drug-likeness (QED) is 0.525. The lowest BCUT2D eigenvalue weighted by Crippen LogP contribution is -2.22. The largest absolute Gasteiger partial charge is 0.508 e. The molecule has 0 bridgehead atoms. The molecule has 1 aromatic heterocycles. The number of ether oxygens (including phenoxy) is 1. The minimum atomic E-state index is -1.72. The monoisotopic (exact) mass is 379 g/mol. The molecule has 0 spiro atoms. The summed E-state index contributed by atoms with van der Waals surface area (Å²) in [6.07, 6.45) is 1.12. The van der Waals surface area contributed by atoms with E-state index >= 15 is 0 Å². The van der Waals surface area contributed by atoms with Crippen LogP contribution in [0.4, 0.5) is 18.9 Å². The Kier molecular flexibility index (Phi) is 5.02. The Labute approximate surface area is 150 Å². The van der Waals surface area contributed by atoms with Crippen molar-refractivity contribution in [2.75, 3.05) is 11.9 Å². The highest BCUT2D eigenvalue weighted by Gasteiger charge is 2.17. The van der Waals surface area contributed by atoms with E-state index in [9.17, 15) is 27.9 Å². The normalized spacial score (nSPS) is 10.8. The van der Waals surface area contributed by atoms with E-state index in [0.717, 1.165) is 6.07 Å². The first-order chi connectivity index (χ1) is 12.8. The topological polar surface area (TPSA) is 88.8 Å². The number of benzene rings is 2. The molecule has 9 heteroatoms. The summed E-state index contributed by atoms with van der Waals surface area (Å²) < 4.78 is 49.4. The van der Waals surface area contributed by atoms with Crippen molar-refractivity contribution >= 4 is 28.5 Å². The van der Waals surface area contributed by atoms with E-state index in [1.807, 2.05) is 5.32 Å². The lowest BCUT2D eigenvalue weighted by molar-refractivity contribution is -0.146. The Morgan fingerprint density at radius 1 is 1.11 bits per heavy atom. The van der Waals surface area contributed by atoms with Gasteiger partial charge in [0.25, 0.3) is 5.91 Å². The number of esters is 1. The molecule has 1 heterocycles. The van der Waals surface area contributed by atoms with Crippen LogP contribution in [0.1, 0.15) is 5.56 Å². The predicted molar refractivity (Wildman–Crippen MR) is 87.5 cm³/mol. The van der Waals surface area contributed by atoms with Crippen molar-refractivity contribution in [2.45, 2.75) is 6.42 Å². The Morgan fingerprint density at radius 3 is 2.67 bits per heavy atom. The van der Waals surface area contributed by atoms with Gasteiger partial charge in [0, 0.05) is 17.0 Å². The lowest BCUT2D eigenvalue weighted by atomic mass is 10.1. The van der Waals surface area contributed by atoms with E-state index < -0.39 is 41.6 Å². The molecule has 27 heavy (non-hydrogen) atoms. The van der Waals surface area contributed by atoms with Crippen LogP contribution in [0.2, 0.25) is 0 Å². The smallest absolute Gasteiger partial charge is 0.310 e. The molecule has 0 saturated carbocycles. The van der Waals surface area contributed by atoms with Crippen molar-refractivity contribution in [1.29, 1.82) is 0 Å². The van der Waals surface area contributed by atoms with Crippen molar-refractivity contribution in [2.24, 2.45) is 0 Å². The molecule has 0 aliphatic heterocycles. The van der Waals surface area contributed by atoms with Crippen molar-refractivity contribution in [3.05, 3.63) is 59.6 Å². The Balaban J connectivity index is 1.57. The first-order valence-electron chi connectivity index (χ1n) is 7.63. The minimum Gasteiger partial charge on any atom is -0.508 e. The molecule has 0 aliphatic rings. The number of aromatic hydroxyl groups is 1. The van der Waals surface area contributed by atoms with E-state index in [1.54, 1.807) is 6.07 Å². The molecule has 140 valence electrons. The van der Waals surface area contributed by atoms with Crippen LogP contribution in [0.15, 0.2) is 41.0 Å². The van der Waals surface area contributed by atoms with E-state index in [2.05, 4.69) is 0 Å². The molecule has 1 amide bonds. The van der Waals surface area contributed by atoms with Crippen LogP contribution in [-0.4, -0.2) is 23.6 Å². The number of phenolic OH excluding ortho intramolecular Hbond substituents is 1. The van der Waals surface area contributed by atoms with Gasteiger partial charge in [0.05, 0.1) is 18.4 Å². The third-order valence-corrected chi connectivity index (χ3v) is 3.65. The van der Waals surface area contributed by atoms with Crippen LogP contribution >= 0.6 is 0 Å². The zero-order valence-corrected chi connectivity index (χ0v) is 13.6. The number of anilines is 1. The Hall–Kier alpha value is -3.49. The maximum absolute atomic E-state index is 13.5. The lowest BCUT2D eigenvalue weighted by Gasteiger charge is -2.08. The molecule has 0 radical (unpaired) electrons. The van der Waals surface area contributed by atoms with Crippen LogP contribution in [0.3, 0.4) is 0 Å². The molecule has 2 aromatic carbocycles. The molecule has 0 saturated heterocycles. The van der Waals surface area contributed by atoms with E-state index in [1.165, 1.54) is 18.4 Å². The number of nitrogens with one attached hydrogen (secondary N) is 1. The maximum atomic E-state index is 13.5. The maximum Gasteiger partial charge on any atom is 0.310 e. The van der Waals surface area contributed by atoms with Gasteiger partial charge < -0.3 is 19.6 Å². The Morgan fingerprint density at radius 2 is 1.89 bits per heavy atom. The van der Waals surface area contributed by atoms with Gasteiger partial charge in [0.2, 0.25) is 0 Å². The molecule has 3 aromatic rings. The van der Waals surface area contributed by atoms with Crippen LogP contribution in [-0.2, 0) is 20.7 Å². The SMILES string of the molecule is O=C(COC(=O)Cc1coc2cc(O)ccc12)Nc1ccc(F)c(F)c1F. The molecule has 0 atom stereocenters. The summed E-state index contributed by atoms with van der Waals surface area (Å²) in [5.41, 5.74) is 0.294. The van der Waals surface area contributed by atoms with Gasteiger partial charge in [-0.3, -0.25) is 9.59 Å². The highest BCUT2D eigenvalue weighted by atomic mass is 19.2. The average molecular weight is 379 g/mol. The van der Waals surface area contributed by atoms with Crippen LogP contribution in [0.5, 0.6) is 5.75 Å². The van der Waals surface area contributed by atoms with Crippen LogP contribution in [0, 0.1) is 17.5 Å². The molecule has 0 unspecified atom stereocenters. The third-order valence-electron chi connectivity index (χ3n) is 3.65. The summed E-state index contributed by atoms with van der Waals surface area (Å²) in [5, 5.41) is 12.0. The minimum absolute atomic E-state index is 0.00658. The second kappa shape index (κ2) is 7.40. The second-order valence-electron chi connectivity index (χ2n) is 5.55. The number of phenols is 1. The molecule has 6 nitrogen and oxygen atoms in total. The van der Waals surface area contributed by atoms with Gasteiger partial charge in [-0.15, -0.1) is 0 Å². The fraction of sp³-hybridized carbons (Fsp3) is 0.111. The number of carbonyl (C=O) groups excluding carboxylic acids is 2. The number of furan rings is 1. The molecule has 0 fully saturated rings. The van der Waals surface area contributed by atoms with E-state index in [0.29, 0.717) is 22.6 Å². The van der Waals surface area contributed by atoms with Crippen molar-refractivity contribution in [3.63, 3.8) is 0 Å². The molecule has 2 N–H and O–H groups in total. The Bertz CT molecular complexity index is 1030. The summed E-state index contributed by atoms with van der Waals surface area (Å²) in [6, 6.07) is 5.88. The molecule has 3 rings (SSSR count). The highest BCUT2D eigenvalue weighted by Crippen LogP contribution is 2.25. The van der Waals surface area contributed by atoms with Gasteiger partial charge in [-0.25, -0.2) is 13.2 Å². The fourth-order valence-corrected chi connectivity index (χ4v) is 2.37. The number of amides is 1. The number of carbonyl (C=O) groups is 2. The van der Waals surface area contributed by atoms with Gasteiger partial charge >= 0.3 is 5.97 Å². The summed E-state index contributed by atoms with van der Waals surface area (Å²) in [5.74, 6) is -6.34. The molecular formula is C18H12F3NO5. The summed E-state index contributed by atoms with van der Waals surface area (Å²) in [4.78, 5) is 23.6. The number of rotatable bonds is 5. The van der Waals surface area contributed by atoms with Crippen molar-refractivity contribution in [3.8, 4) is 5.75 Å². The molecule has 0 aliphatic carbocycles. The van der Waals surface area contributed by atoms with Crippen molar-refractivity contribution in [1.82, 2.24) is 0 Å². The number of hydrogen-bond donors (Lipinski definition) is 2. The van der Waals surface area contributed by atoms with Gasteiger partial charge in [-0.05, 0) is 24.3 Å². The summed E-state index contributed by atoms with van der Waals surface area (Å²) >= 11 is 0. The fourth-order valence-electron chi connectivity index (χ4n) is 2.37. The number of halogens is 3. The van der Waals surface area contributed by atoms with Gasteiger partial charge in [-0.2, -0.15) is 0 Å². The molecular weight excluding hydrogens is 367 g/mol. The summed E-state index contributed by atoms with van der Waals surface area (Å²) in [7, 11) is 0. The number of fused-ring (bicyclic) bond motifs is 1. The van der Waals surface area contributed by atoms with E-state index in [-0.39, 0.29) is 12.2 Å². The standard InChI is InChI=1S/C18H12F3NO5/c19-12-3-4-13(18(21)17(12)20)22-15(24)8-27-16(25)5-9-7-26-14-6-10(23)1-2-11(9)14/h1-4,6-7,23H,5,8H2,(H,22,24).